The molecule has 0 unspecified atom stereocenters. The molecule has 2 aromatic rings. The number of nitrogens with zero attached hydrogens (tertiary/aromatic N) is 3. The fourth-order valence-corrected chi connectivity index (χ4v) is 3.75. The van der Waals surface area contributed by atoms with E-state index < -0.39 is 11.6 Å². The van der Waals surface area contributed by atoms with Crippen molar-refractivity contribution >= 4 is 23.3 Å². The maximum atomic E-state index is 14.1. The first kappa shape index (κ1) is 23.3. The normalized spacial score (nSPS) is 13.8. The Bertz CT molecular complexity index is 1090. The molecule has 170 valence electrons. The molecular weight excluding hydrogens is 413 g/mol. The average Bonchev–Trinajstić information content (AvgIpc) is 3.20. The Morgan fingerprint density at radius 3 is 2.59 bits per heavy atom. The van der Waals surface area contributed by atoms with Crippen molar-refractivity contribution in [3.63, 3.8) is 0 Å². The first-order valence-electron chi connectivity index (χ1n) is 10.5. The van der Waals surface area contributed by atoms with E-state index in [-0.39, 0.29) is 35.2 Å². The number of aromatic nitrogens is 2. The number of amides is 1. The third-order valence-corrected chi connectivity index (χ3v) is 5.54. The smallest absolute Gasteiger partial charge is 0.239 e. The molecule has 8 nitrogen and oxygen atoms in total. The Morgan fingerprint density at radius 2 is 1.94 bits per heavy atom. The zero-order valence-corrected chi connectivity index (χ0v) is 18.8. The van der Waals surface area contributed by atoms with Crippen LogP contribution in [0.2, 0.25) is 0 Å². The second-order valence-electron chi connectivity index (χ2n) is 7.98. The number of benzene rings is 1. The lowest BCUT2D eigenvalue weighted by Crippen LogP contribution is -2.35. The predicted molar refractivity (Wildman–Crippen MR) is 119 cm³/mol. The summed E-state index contributed by atoms with van der Waals surface area (Å²) in [6.45, 7) is 4.75. The van der Waals surface area contributed by atoms with E-state index in [0.29, 0.717) is 25.2 Å². The number of hydrogen-bond donors (Lipinski definition) is 2. The molecule has 32 heavy (non-hydrogen) atoms. The van der Waals surface area contributed by atoms with Crippen LogP contribution in [0.15, 0.2) is 35.5 Å². The molecule has 0 atom stereocenters. The predicted octanol–water partition coefficient (Wildman–Crippen LogP) is 2.20. The monoisotopic (exact) mass is 441 g/mol. The summed E-state index contributed by atoms with van der Waals surface area (Å²) < 4.78 is 15.5. The number of allylic oxidation sites excluding steroid dienone is 2. The second-order valence-corrected chi connectivity index (χ2v) is 7.98. The molecule has 0 aliphatic heterocycles. The minimum atomic E-state index is -0.625. The van der Waals surface area contributed by atoms with Crippen molar-refractivity contribution in [2.75, 3.05) is 32.0 Å². The lowest BCUT2D eigenvalue weighted by molar-refractivity contribution is -0.117. The van der Waals surface area contributed by atoms with Gasteiger partial charge in [0.2, 0.25) is 11.7 Å². The molecule has 0 fully saturated rings. The zero-order chi connectivity index (χ0) is 23.4. The van der Waals surface area contributed by atoms with E-state index in [0.717, 1.165) is 17.7 Å². The number of carbonyl (C=O) groups is 3. The van der Waals surface area contributed by atoms with Gasteiger partial charge in [0.15, 0.2) is 5.78 Å². The molecule has 1 aliphatic carbocycles. The van der Waals surface area contributed by atoms with E-state index >= 15 is 0 Å². The number of likely N-dealkylation sites (N-methyl/N-ethyl adjacent to an activating group) is 1. The van der Waals surface area contributed by atoms with Gasteiger partial charge in [0.25, 0.3) is 0 Å². The van der Waals surface area contributed by atoms with Gasteiger partial charge in [-0.25, -0.2) is 4.39 Å². The Morgan fingerprint density at radius 1 is 1.22 bits per heavy atom. The van der Waals surface area contributed by atoms with Crippen molar-refractivity contribution in [3.8, 4) is 0 Å². The van der Waals surface area contributed by atoms with Gasteiger partial charge in [-0.3, -0.25) is 24.0 Å². The first-order valence-corrected chi connectivity index (χ1v) is 10.5. The number of aryl methyl sites for hydroxylation is 2. The van der Waals surface area contributed by atoms with Crippen molar-refractivity contribution in [1.29, 1.82) is 0 Å². The van der Waals surface area contributed by atoms with Gasteiger partial charge in [0.05, 0.1) is 23.4 Å². The van der Waals surface area contributed by atoms with Crippen LogP contribution in [-0.2, 0) is 16.6 Å². The molecule has 9 heteroatoms. The fourth-order valence-electron chi connectivity index (χ4n) is 3.75. The lowest BCUT2D eigenvalue weighted by atomic mass is 10.0. The third-order valence-electron chi connectivity index (χ3n) is 5.54. The number of Topliss-reactive ketones (excluding diaryl/α,β-unsaturated/α-hetero) is 1. The number of nitrogens with one attached hydrogen (secondary N) is 2. The second kappa shape index (κ2) is 9.86. The highest BCUT2D eigenvalue weighted by molar-refractivity contribution is 6.14. The van der Waals surface area contributed by atoms with E-state index in [1.54, 1.807) is 20.0 Å². The van der Waals surface area contributed by atoms with Crippen molar-refractivity contribution in [1.82, 2.24) is 20.0 Å². The Kier molecular flexibility index (Phi) is 7.19. The first-order chi connectivity index (χ1) is 15.2. The number of halogens is 1. The molecule has 1 aromatic heterocycles. The summed E-state index contributed by atoms with van der Waals surface area (Å²) in [4.78, 5) is 39.0. The molecule has 1 heterocycles. The van der Waals surface area contributed by atoms with Gasteiger partial charge in [-0.1, -0.05) is 12.1 Å². The number of hydrogen-bond acceptors (Lipinski definition) is 6. The highest BCUT2D eigenvalue weighted by Gasteiger charge is 2.25. The van der Waals surface area contributed by atoms with Gasteiger partial charge in [-0.05, 0) is 39.4 Å². The van der Waals surface area contributed by atoms with Crippen LogP contribution in [0, 0.1) is 12.7 Å². The van der Waals surface area contributed by atoms with E-state index in [1.165, 1.54) is 22.9 Å². The van der Waals surface area contributed by atoms with Crippen LogP contribution in [0.25, 0.3) is 0 Å². The maximum absolute atomic E-state index is 14.1. The van der Waals surface area contributed by atoms with Crippen molar-refractivity contribution in [3.05, 3.63) is 58.2 Å². The highest BCUT2D eigenvalue weighted by Crippen LogP contribution is 2.24. The van der Waals surface area contributed by atoms with E-state index in [9.17, 15) is 18.8 Å². The van der Waals surface area contributed by atoms with Gasteiger partial charge in [-0.2, -0.15) is 5.10 Å². The van der Waals surface area contributed by atoms with Gasteiger partial charge in [0, 0.05) is 37.8 Å². The van der Waals surface area contributed by atoms with Crippen LogP contribution >= 0.6 is 0 Å². The SMILES string of the molecule is CC1=C(NCCN(C)CC(=O)Nc2c(C(=O)c3ccccc3F)c(C)nn2C)CCC1=O. The Balaban J connectivity index is 1.62. The van der Waals surface area contributed by atoms with Gasteiger partial charge < -0.3 is 10.6 Å². The third kappa shape index (κ3) is 5.11. The zero-order valence-electron chi connectivity index (χ0n) is 18.8. The summed E-state index contributed by atoms with van der Waals surface area (Å²) in [6, 6.07) is 5.73. The van der Waals surface area contributed by atoms with Crippen LogP contribution < -0.4 is 10.6 Å². The van der Waals surface area contributed by atoms with Crippen LogP contribution in [0.4, 0.5) is 10.2 Å². The molecule has 0 bridgehead atoms. The lowest BCUT2D eigenvalue weighted by Gasteiger charge is -2.18. The van der Waals surface area contributed by atoms with Crippen molar-refractivity contribution in [2.45, 2.75) is 26.7 Å². The summed E-state index contributed by atoms with van der Waals surface area (Å²) in [5.41, 5.74) is 2.25. The molecule has 1 aliphatic rings. The van der Waals surface area contributed by atoms with Crippen LogP contribution in [0.5, 0.6) is 0 Å². The van der Waals surface area contributed by atoms with E-state index in [4.69, 9.17) is 0 Å². The largest absolute Gasteiger partial charge is 0.387 e. The van der Waals surface area contributed by atoms with Crippen LogP contribution in [0.3, 0.4) is 0 Å². The van der Waals surface area contributed by atoms with E-state index in [1.807, 2.05) is 18.9 Å². The van der Waals surface area contributed by atoms with E-state index in [2.05, 4.69) is 15.7 Å². The molecule has 0 spiro atoms. The number of carbonyl (C=O) groups excluding carboxylic acids is 3. The van der Waals surface area contributed by atoms with Crippen molar-refractivity contribution in [2.24, 2.45) is 7.05 Å². The van der Waals surface area contributed by atoms with Crippen LogP contribution in [-0.4, -0.2) is 58.8 Å². The molecule has 1 aromatic carbocycles. The van der Waals surface area contributed by atoms with Gasteiger partial charge in [-0.15, -0.1) is 0 Å². The number of ketones is 2. The summed E-state index contributed by atoms with van der Waals surface area (Å²) in [6.07, 6.45) is 1.28. The Labute approximate surface area is 186 Å². The minimum Gasteiger partial charge on any atom is -0.387 e. The minimum absolute atomic E-state index is 0.0720. The number of anilines is 1. The van der Waals surface area contributed by atoms with Gasteiger partial charge in [0.1, 0.15) is 11.6 Å². The molecule has 2 N–H and O–H groups in total. The molecule has 3 rings (SSSR count). The Hall–Kier alpha value is -3.33. The summed E-state index contributed by atoms with van der Waals surface area (Å²) in [7, 11) is 3.43. The van der Waals surface area contributed by atoms with Crippen molar-refractivity contribution < 1.29 is 18.8 Å². The molecule has 0 saturated heterocycles. The highest BCUT2D eigenvalue weighted by atomic mass is 19.1. The quantitative estimate of drug-likeness (QED) is 0.579. The topological polar surface area (TPSA) is 96.3 Å². The maximum Gasteiger partial charge on any atom is 0.239 e. The summed E-state index contributed by atoms with van der Waals surface area (Å²) in [5, 5.41) is 10.2. The molecule has 1 amide bonds. The molecular formula is C23H28FN5O3. The summed E-state index contributed by atoms with van der Waals surface area (Å²) >= 11 is 0. The standard InChI is InChI=1S/C23H28FN5O3/c1-14-18(9-10-19(14)30)25-11-12-28(3)13-20(31)26-23-21(15(2)27-29(23)4)22(32)16-7-5-6-8-17(16)24/h5-8,25H,9-13H2,1-4H3,(H,26,31). The van der Waals surface area contributed by atoms with Gasteiger partial charge >= 0.3 is 0 Å². The average molecular weight is 442 g/mol. The summed E-state index contributed by atoms with van der Waals surface area (Å²) in [5.74, 6) is -1.06. The molecule has 0 saturated carbocycles. The molecule has 0 radical (unpaired) electrons. The van der Waals surface area contributed by atoms with Crippen LogP contribution in [0.1, 0.15) is 41.4 Å². The fraction of sp³-hybridized carbons (Fsp3) is 0.391. The number of rotatable bonds is 9.